The summed E-state index contributed by atoms with van der Waals surface area (Å²) in [5.74, 6) is 0. The van der Waals surface area contributed by atoms with E-state index in [0.717, 1.165) is 22.0 Å². The van der Waals surface area contributed by atoms with Gasteiger partial charge in [0.05, 0.1) is 16.4 Å². The number of aryl methyl sites for hydroxylation is 1. The van der Waals surface area contributed by atoms with Crippen molar-refractivity contribution in [1.29, 1.82) is 0 Å². The molecule has 4 heteroatoms. The van der Waals surface area contributed by atoms with E-state index in [2.05, 4.69) is 9.97 Å². The van der Waals surface area contributed by atoms with Crippen LogP contribution in [0.5, 0.6) is 0 Å². The van der Waals surface area contributed by atoms with Crippen molar-refractivity contribution in [3.8, 4) is 0 Å². The monoisotopic (exact) mass is 294 g/mol. The molecule has 102 valence electrons. The van der Waals surface area contributed by atoms with Crippen LogP contribution in [-0.4, -0.2) is 9.97 Å². The number of fused-ring (bicyclic) bond motifs is 3. The van der Waals surface area contributed by atoms with Crippen LogP contribution in [0.2, 0.25) is 5.02 Å². The summed E-state index contributed by atoms with van der Waals surface area (Å²) in [6.45, 7) is 1.96. The fraction of sp³-hybridized carbons (Fsp3) is 0.0588. The number of aromatic amines is 1. The Hall–Kier alpha value is -2.39. The highest BCUT2D eigenvalue weighted by atomic mass is 35.5. The predicted octanol–water partition coefficient (Wildman–Crippen LogP) is 4.19. The Kier molecular flexibility index (Phi) is 2.53. The van der Waals surface area contributed by atoms with Gasteiger partial charge in [0.15, 0.2) is 5.43 Å². The van der Waals surface area contributed by atoms with Gasteiger partial charge in [-0.05, 0) is 36.8 Å². The molecular weight excluding hydrogens is 284 g/mol. The quantitative estimate of drug-likeness (QED) is 0.494. The number of rotatable bonds is 0. The molecule has 0 unspecified atom stereocenters. The maximum absolute atomic E-state index is 12.8. The van der Waals surface area contributed by atoms with Crippen LogP contribution in [0.3, 0.4) is 0 Å². The number of aromatic nitrogens is 2. The van der Waals surface area contributed by atoms with Crippen LogP contribution >= 0.6 is 11.6 Å². The first-order valence-electron chi connectivity index (χ1n) is 6.66. The van der Waals surface area contributed by atoms with Crippen LogP contribution < -0.4 is 5.43 Å². The molecule has 0 amide bonds. The van der Waals surface area contributed by atoms with Crippen molar-refractivity contribution in [2.75, 3.05) is 0 Å². The van der Waals surface area contributed by atoms with Crippen LogP contribution in [0.4, 0.5) is 0 Å². The maximum atomic E-state index is 12.8. The zero-order valence-corrected chi connectivity index (χ0v) is 12.0. The summed E-state index contributed by atoms with van der Waals surface area (Å²) in [7, 11) is 0. The van der Waals surface area contributed by atoms with Crippen molar-refractivity contribution in [1.82, 2.24) is 9.97 Å². The number of halogens is 1. The Balaban J connectivity index is 2.32. The molecule has 0 saturated heterocycles. The van der Waals surface area contributed by atoms with E-state index >= 15 is 0 Å². The van der Waals surface area contributed by atoms with Crippen LogP contribution in [0.1, 0.15) is 5.56 Å². The lowest BCUT2D eigenvalue weighted by molar-refractivity contribution is 1.35. The number of hydrogen-bond acceptors (Lipinski definition) is 2. The molecule has 2 heterocycles. The van der Waals surface area contributed by atoms with Gasteiger partial charge in [0.2, 0.25) is 0 Å². The van der Waals surface area contributed by atoms with Gasteiger partial charge in [-0.1, -0.05) is 29.8 Å². The van der Waals surface area contributed by atoms with Gasteiger partial charge >= 0.3 is 0 Å². The first-order valence-corrected chi connectivity index (χ1v) is 7.03. The third kappa shape index (κ3) is 1.74. The van der Waals surface area contributed by atoms with Gasteiger partial charge < -0.3 is 4.98 Å². The van der Waals surface area contributed by atoms with Crippen molar-refractivity contribution >= 4 is 44.4 Å². The van der Waals surface area contributed by atoms with E-state index in [0.29, 0.717) is 21.4 Å². The average molecular weight is 295 g/mol. The molecule has 0 radical (unpaired) electrons. The molecule has 0 aliphatic carbocycles. The lowest BCUT2D eigenvalue weighted by Crippen LogP contribution is -2.07. The zero-order chi connectivity index (χ0) is 14.6. The van der Waals surface area contributed by atoms with E-state index in [4.69, 9.17) is 11.6 Å². The van der Waals surface area contributed by atoms with E-state index in [1.54, 1.807) is 12.1 Å². The fourth-order valence-electron chi connectivity index (χ4n) is 2.82. The Morgan fingerprint density at radius 3 is 2.76 bits per heavy atom. The minimum absolute atomic E-state index is 0.0306. The molecule has 21 heavy (non-hydrogen) atoms. The maximum Gasteiger partial charge on any atom is 0.199 e. The van der Waals surface area contributed by atoms with E-state index < -0.39 is 0 Å². The van der Waals surface area contributed by atoms with E-state index in [-0.39, 0.29) is 5.43 Å². The summed E-state index contributed by atoms with van der Waals surface area (Å²) in [5.41, 5.74) is 3.16. The molecule has 1 N–H and O–H groups in total. The first kappa shape index (κ1) is 12.4. The highest BCUT2D eigenvalue weighted by Crippen LogP contribution is 2.24. The van der Waals surface area contributed by atoms with Gasteiger partial charge in [0.25, 0.3) is 0 Å². The minimum Gasteiger partial charge on any atom is -0.339 e. The number of benzene rings is 2. The van der Waals surface area contributed by atoms with Gasteiger partial charge in [-0.2, -0.15) is 0 Å². The normalized spacial score (nSPS) is 11.5. The lowest BCUT2D eigenvalue weighted by atomic mass is 10.0. The molecule has 0 atom stereocenters. The standard InChI is InChI=1S/C17H11ClN2O/c1-9-11-4-2-3-5-13(11)19-17-15(9)16(21)12-8-10(18)6-7-14(12)20-17/h2-8H,1H3,(H,19,20,21). The molecule has 0 bridgehead atoms. The SMILES string of the molecule is Cc1c2ccccc2nc2[nH]c3ccc(Cl)cc3c(=O)c12. The topological polar surface area (TPSA) is 45.8 Å². The van der Waals surface area contributed by atoms with Crippen molar-refractivity contribution in [2.24, 2.45) is 0 Å². The minimum atomic E-state index is -0.0306. The molecule has 3 nitrogen and oxygen atoms in total. The average Bonchev–Trinajstić information content (AvgIpc) is 2.48. The van der Waals surface area contributed by atoms with E-state index in [1.807, 2.05) is 37.3 Å². The largest absolute Gasteiger partial charge is 0.339 e. The molecule has 2 aromatic carbocycles. The van der Waals surface area contributed by atoms with Crippen molar-refractivity contribution in [3.05, 3.63) is 63.3 Å². The van der Waals surface area contributed by atoms with Gasteiger partial charge in [0.1, 0.15) is 5.65 Å². The number of para-hydroxylation sites is 1. The second-order valence-corrected chi connectivity index (χ2v) is 5.56. The van der Waals surface area contributed by atoms with E-state index in [1.165, 1.54) is 0 Å². The molecule has 2 aromatic heterocycles. The van der Waals surface area contributed by atoms with E-state index in [9.17, 15) is 4.79 Å². The number of hydrogen-bond donors (Lipinski definition) is 1. The highest BCUT2D eigenvalue weighted by Gasteiger charge is 2.12. The number of pyridine rings is 2. The smallest absolute Gasteiger partial charge is 0.199 e. The van der Waals surface area contributed by atoms with Crippen LogP contribution in [0.25, 0.3) is 32.8 Å². The second kappa shape index (κ2) is 4.30. The first-order chi connectivity index (χ1) is 10.1. The summed E-state index contributed by atoms with van der Waals surface area (Å²) in [6, 6.07) is 13.1. The summed E-state index contributed by atoms with van der Waals surface area (Å²) in [5, 5.41) is 2.77. The van der Waals surface area contributed by atoms with Gasteiger partial charge in [-0.15, -0.1) is 0 Å². The zero-order valence-electron chi connectivity index (χ0n) is 11.3. The highest BCUT2D eigenvalue weighted by molar-refractivity contribution is 6.31. The van der Waals surface area contributed by atoms with Crippen LogP contribution in [0, 0.1) is 6.92 Å². The molecular formula is C17H11ClN2O. The van der Waals surface area contributed by atoms with Crippen LogP contribution in [0.15, 0.2) is 47.3 Å². The summed E-state index contributed by atoms with van der Waals surface area (Å²) in [6.07, 6.45) is 0. The fourth-order valence-corrected chi connectivity index (χ4v) is 2.99. The van der Waals surface area contributed by atoms with Gasteiger partial charge in [-0.3, -0.25) is 4.79 Å². The Bertz CT molecular complexity index is 1080. The molecule has 0 saturated carbocycles. The summed E-state index contributed by atoms with van der Waals surface area (Å²) >= 11 is 6.01. The van der Waals surface area contributed by atoms with Crippen molar-refractivity contribution < 1.29 is 0 Å². The van der Waals surface area contributed by atoms with Crippen molar-refractivity contribution in [3.63, 3.8) is 0 Å². The molecule has 0 aliphatic rings. The van der Waals surface area contributed by atoms with Crippen molar-refractivity contribution in [2.45, 2.75) is 6.92 Å². The van der Waals surface area contributed by atoms with Crippen LogP contribution in [-0.2, 0) is 0 Å². The van der Waals surface area contributed by atoms with Gasteiger partial charge in [-0.25, -0.2) is 4.98 Å². The molecule has 0 fully saturated rings. The number of nitrogens with zero attached hydrogens (tertiary/aromatic N) is 1. The molecule has 0 spiro atoms. The molecule has 4 rings (SSSR count). The summed E-state index contributed by atoms with van der Waals surface area (Å²) < 4.78 is 0. The summed E-state index contributed by atoms with van der Waals surface area (Å²) in [4.78, 5) is 20.6. The third-order valence-electron chi connectivity index (χ3n) is 3.86. The predicted molar refractivity (Wildman–Crippen MR) is 87.1 cm³/mol. The molecule has 0 aliphatic heterocycles. The number of H-pyrrole nitrogens is 1. The van der Waals surface area contributed by atoms with Gasteiger partial charge in [0, 0.05) is 15.8 Å². The second-order valence-electron chi connectivity index (χ2n) is 5.12. The number of nitrogens with one attached hydrogen (secondary N) is 1. The molecule has 4 aromatic rings. The Morgan fingerprint density at radius 1 is 1.10 bits per heavy atom. The Morgan fingerprint density at radius 2 is 1.90 bits per heavy atom. The third-order valence-corrected chi connectivity index (χ3v) is 4.09. The lowest BCUT2D eigenvalue weighted by Gasteiger charge is -2.08. The Labute approximate surface area is 125 Å².